The Morgan fingerprint density at radius 1 is 1.19 bits per heavy atom. The van der Waals surface area contributed by atoms with Crippen molar-refractivity contribution in [3.63, 3.8) is 0 Å². The second-order valence-electron chi connectivity index (χ2n) is 5.35. The van der Waals surface area contributed by atoms with Gasteiger partial charge in [0, 0.05) is 18.2 Å². The largest absolute Gasteiger partial charge is 0.364 e. The summed E-state index contributed by atoms with van der Waals surface area (Å²) < 4.78 is 4.73. The molecular formula is C16H19N3O2. The van der Waals surface area contributed by atoms with E-state index in [1.807, 2.05) is 24.3 Å². The Bertz CT molecular complexity index is 572. The molecule has 1 aliphatic heterocycles. The van der Waals surface area contributed by atoms with E-state index in [2.05, 4.69) is 15.4 Å². The molecule has 0 saturated carbocycles. The highest BCUT2D eigenvalue weighted by molar-refractivity contribution is 5.94. The summed E-state index contributed by atoms with van der Waals surface area (Å²) >= 11 is 0. The summed E-state index contributed by atoms with van der Waals surface area (Å²) in [5.74, 6) is -0.0919. The van der Waals surface area contributed by atoms with Gasteiger partial charge in [0.05, 0.1) is 6.54 Å². The van der Waals surface area contributed by atoms with Crippen LogP contribution >= 0.6 is 0 Å². The predicted octanol–water partition coefficient (Wildman–Crippen LogP) is 2.20. The first-order valence-electron chi connectivity index (χ1n) is 7.30. The number of likely N-dealkylation sites (tertiary alicyclic amines) is 1. The van der Waals surface area contributed by atoms with Gasteiger partial charge in [-0.15, -0.1) is 0 Å². The third-order valence-corrected chi connectivity index (χ3v) is 3.74. The molecule has 1 fully saturated rings. The summed E-state index contributed by atoms with van der Waals surface area (Å²) in [7, 11) is 0. The van der Waals surface area contributed by atoms with E-state index in [0.717, 1.165) is 6.54 Å². The molecule has 5 nitrogen and oxygen atoms in total. The van der Waals surface area contributed by atoms with Gasteiger partial charge < -0.3 is 9.84 Å². The number of carbonyl (C=O) groups excluding carboxylic acids is 1. The third kappa shape index (κ3) is 3.70. The van der Waals surface area contributed by atoms with E-state index < -0.39 is 0 Å². The first kappa shape index (κ1) is 13.8. The number of benzene rings is 1. The fourth-order valence-corrected chi connectivity index (χ4v) is 2.56. The molecule has 1 aliphatic rings. The summed E-state index contributed by atoms with van der Waals surface area (Å²) in [5.41, 5.74) is 2.64. The van der Waals surface area contributed by atoms with Crippen LogP contribution < -0.4 is 5.32 Å². The average molecular weight is 285 g/mol. The number of aromatic nitrogens is 1. The molecule has 0 unspecified atom stereocenters. The molecule has 2 aromatic rings. The standard InChI is InChI=1S/C16H19N3O2/c20-16(17-11-15-7-10-21-18-15)14-5-3-13(4-6-14)12-19-8-1-2-9-19/h3-7,10H,1-2,8-9,11-12H2,(H,17,20). The molecule has 3 rings (SSSR count). The predicted molar refractivity (Wildman–Crippen MR) is 78.6 cm³/mol. The van der Waals surface area contributed by atoms with Crippen LogP contribution in [0.15, 0.2) is 41.1 Å². The number of carbonyl (C=O) groups is 1. The topological polar surface area (TPSA) is 58.4 Å². The van der Waals surface area contributed by atoms with Crippen molar-refractivity contribution in [1.29, 1.82) is 0 Å². The zero-order valence-electron chi connectivity index (χ0n) is 11.9. The highest BCUT2D eigenvalue weighted by Gasteiger charge is 2.12. The zero-order chi connectivity index (χ0) is 14.5. The monoisotopic (exact) mass is 285 g/mol. The molecule has 1 N–H and O–H groups in total. The van der Waals surface area contributed by atoms with Gasteiger partial charge in [0.2, 0.25) is 0 Å². The van der Waals surface area contributed by atoms with Gasteiger partial charge in [0.25, 0.3) is 5.91 Å². The maximum absolute atomic E-state index is 12.0. The summed E-state index contributed by atoms with van der Waals surface area (Å²) in [6.45, 7) is 3.71. The molecule has 110 valence electrons. The van der Waals surface area contributed by atoms with E-state index >= 15 is 0 Å². The Hall–Kier alpha value is -2.14. The zero-order valence-corrected chi connectivity index (χ0v) is 11.9. The van der Waals surface area contributed by atoms with Crippen molar-refractivity contribution in [1.82, 2.24) is 15.4 Å². The van der Waals surface area contributed by atoms with E-state index in [-0.39, 0.29) is 5.91 Å². The molecule has 0 radical (unpaired) electrons. The minimum atomic E-state index is -0.0919. The van der Waals surface area contributed by atoms with Gasteiger partial charge in [-0.3, -0.25) is 9.69 Å². The number of hydrogen-bond acceptors (Lipinski definition) is 4. The lowest BCUT2D eigenvalue weighted by Crippen LogP contribution is -2.23. The first-order chi connectivity index (χ1) is 10.3. The van der Waals surface area contributed by atoms with E-state index in [1.54, 1.807) is 6.07 Å². The lowest BCUT2D eigenvalue weighted by atomic mass is 10.1. The van der Waals surface area contributed by atoms with Crippen molar-refractivity contribution in [2.75, 3.05) is 13.1 Å². The van der Waals surface area contributed by atoms with Crippen molar-refractivity contribution in [3.05, 3.63) is 53.4 Å². The molecule has 1 saturated heterocycles. The van der Waals surface area contributed by atoms with Crippen LogP contribution in [0.2, 0.25) is 0 Å². The van der Waals surface area contributed by atoms with Crippen molar-refractivity contribution in [2.24, 2.45) is 0 Å². The van der Waals surface area contributed by atoms with Gasteiger partial charge in [-0.25, -0.2) is 0 Å². The van der Waals surface area contributed by atoms with E-state index in [0.29, 0.717) is 17.8 Å². The minimum Gasteiger partial charge on any atom is -0.364 e. The molecule has 0 bridgehead atoms. The number of hydrogen-bond donors (Lipinski definition) is 1. The van der Waals surface area contributed by atoms with Gasteiger partial charge in [0.1, 0.15) is 12.0 Å². The van der Waals surface area contributed by atoms with Crippen molar-refractivity contribution < 1.29 is 9.32 Å². The fourth-order valence-electron chi connectivity index (χ4n) is 2.56. The summed E-state index contributed by atoms with van der Waals surface area (Å²) in [4.78, 5) is 14.5. The molecule has 5 heteroatoms. The molecule has 0 aliphatic carbocycles. The van der Waals surface area contributed by atoms with Gasteiger partial charge in [-0.05, 0) is 43.6 Å². The molecule has 21 heavy (non-hydrogen) atoms. The van der Waals surface area contributed by atoms with Crippen LogP contribution in [0.4, 0.5) is 0 Å². The Morgan fingerprint density at radius 2 is 1.95 bits per heavy atom. The second-order valence-corrected chi connectivity index (χ2v) is 5.35. The molecule has 1 aromatic carbocycles. The van der Waals surface area contributed by atoms with Crippen LogP contribution in [0, 0.1) is 0 Å². The van der Waals surface area contributed by atoms with Crippen LogP contribution in [0.5, 0.6) is 0 Å². The maximum Gasteiger partial charge on any atom is 0.251 e. The number of nitrogens with one attached hydrogen (secondary N) is 1. The van der Waals surface area contributed by atoms with Crippen LogP contribution in [0.25, 0.3) is 0 Å². The lowest BCUT2D eigenvalue weighted by Gasteiger charge is -2.14. The van der Waals surface area contributed by atoms with Crippen LogP contribution in [0.1, 0.15) is 34.5 Å². The summed E-state index contributed by atoms with van der Waals surface area (Å²) in [6.07, 6.45) is 4.08. The van der Waals surface area contributed by atoms with Gasteiger partial charge in [-0.2, -0.15) is 0 Å². The van der Waals surface area contributed by atoms with Gasteiger partial charge in [0.15, 0.2) is 0 Å². The summed E-state index contributed by atoms with van der Waals surface area (Å²) in [6, 6.07) is 9.55. The summed E-state index contributed by atoms with van der Waals surface area (Å²) in [5, 5.41) is 6.58. The number of amides is 1. The van der Waals surface area contributed by atoms with Gasteiger partial charge >= 0.3 is 0 Å². The van der Waals surface area contributed by atoms with E-state index in [4.69, 9.17) is 4.52 Å². The van der Waals surface area contributed by atoms with E-state index in [1.165, 1.54) is 37.8 Å². The SMILES string of the molecule is O=C(NCc1ccon1)c1ccc(CN2CCCC2)cc1. The Morgan fingerprint density at radius 3 is 2.62 bits per heavy atom. The highest BCUT2D eigenvalue weighted by atomic mass is 16.5. The van der Waals surface area contributed by atoms with Crippen molar-refractivity contribution in [2.45, 2.75) is 25.9 Å². The normalized spacial score (nSPS) is 15.2. The lowest BCUT2D eigenvalue weighted by molar-refractivity contribution is 0.0950. The van der Waals surface area contributed by atoms with Gasteiger partial charge in [-0.1, -0.05) is 17.3 Å². The van der Waals surface area contributed by atoms with Crippen LogP contribution in [0.3, 0.4) is 0 Å². The highest BCUT2D eigenvalue weighted by Crippen LogP contribution is 2.13. The minimum absolute atomic E-state index is 0.0919. The Labute approximate surface area is 123 Å². The third-order valence-electron chi connectivity index (χ3n) is 3.74. The molecule has 2 heterocycles. The smallest absolute Gasteiger partial charge is 0.251 e. The molecular weight excluding hydrogens is 266 g/mol. The maximum atomic E-state index is 12.0. The van der Waals surface area contributed by atoms with Crippen molar-refractivity contribution in [3.8, 4) is 0 Å². The van der Waals surface area contributed by atoms with Crippen LogP contribution in [-0.4, -0.2) is 29.1 Å². The first-order valence-corrected chi connectivity index (χ1v) is 7.30. The van der Waals surface area contributed by atoms with Crippen LogP contribution in [-0.2, 0) is 13.1 Å². The molecule has 0 atom stereocenters. The Balaban J connectivity index is 1.54. The quantitative estimate of drug-likeness (QED) is 0.915. The fraction of sp³-hybridized carbons (Fsp3) is 0.375. The van der Waals surface area contributed by atoms with Crippen molar-refractivity contribution >= 4 is 5.91 Å². The second kappa shape index (κ2) is 6.54. The Kier molecular flexibility index (Phi) is 4.31. The molecule has 1 amide bonds. The molecule has 1 aromatic heterocycles. The average Bonchev–Trinajstić information content (AvgIpc) is 3.19. The number of nitrogens with zero attached hydrogens (tertiary/aromatic N) is 2. The number of rotatable bonds is 5. The van der Waals surface area contributed by atoms with E-state index in [9.17, 15) is 4.79 Å². The molecule has 0 spiro atoms.